The lowest BCUT2D eigenvalue weighted by atomic mass is 9.81. The van der Waals surface area contributed by atoms with Crippen LogP contribution in [0.15, 0.2) is 5.38 Å². The van der Waals surface area contributed by atoms with Crippen molar-refractivity contribution >= 4 is 23.2 Å². The number of hydrogen-bond donors (Lipinski definition) is 2. The van der Waals surface area contributed by atoms with Gasteiger partial charge in [0.05, 0.1) is 7.11 Å². The van der Waals surface area contributed by atoms with Gasteiger partial charge in [-0.3, -0.25) is 4.79 Å². The van der Waals surface area contributed by atoms with Crippen LogP contribution in [0.5, 0.6) is 0 Å². The molecule has 1 heterocycles. The summed E-state index contributed by atoms with van der Waals surface area (Å²) < 4.78 is 4.86. The first-order chi connectivity index (χ1) is 9.61. The van der Waals surface area contributed by atoms with Crippen molar-refractivity contribution in [2.45, 2.75) is 44.2 Å². The smallest absolute Gasteiger partial charge is 0.331 e. The zero-order valence-corrected chi connectivity index (χ0v) is 12.3. The Morgan fingerprint density at radius 1 is 1.45 bits per heavy atom. The number of rotatable bonds is 4. The van der Waals surface area contributed by atoms with Crippen LogP contribution in [0.3, 0.4) is 0 Å². The molecule has 1 saturated carbocycles. The fraction of sp³-hybridized carbons (Fsp3) is 0.615. The molecule has 0 aliphatic heterocycles. The molecule has 1 fully saturated rings. The predicted octanol–water partition coefficient (Wildman–Crippen LogP) is 1.21. The van der Waals surface area contributed by atoms with E-state index >= 15 is 0 Å². The minimum Gasteiger partial charge on any atom is -0.467 e. The maximum absolute atomic E-state index is 12.3. The summed E-state index contributed by atoms with van der Waals surface area (Å²) in [6.07, 6.45) is 4.10. The van der Waals surface area contributed by atoms with E-state index in [1.165, 1.54) is 18.4 Å². The number of esters is 1. The minimum atomic E-state index is -0.906. The number of ether oxygens (including phenoxy) is 1. The van der Waals surface area contributed by atoms with E-state index in [4.69, 9.17) is 10.5 Å². The number of carbonyl (C=O) groups is 2. The van der Waals surface area contributed by atoms with Gasteiger partial charge in [0.2, 0.25) is 0 Å². The lowest BCUT2D eigenvalue weighted by molar-refractivity contribution is -0.149. The highest BCUT2D eigenvalue weighted by molar-refractivity contribution is 7.09. The van der Waals surface area contributed by atoms with Gasteiger partial charge in [0.15, 0.2) is 0 Å². The van der Waals surface area contributed by atoms with Crippen molar-refractivity contribution < 1.29 is 14.3 Å². The standard InChI is InChI=1S/C13H19N3O3S/c1-19-12(18)13(5-3-2-4-6-13)16-11(17)9-8-20-10(7-14)15-9/h8H,2-7,14H2,1H3,(H,16,17). The second-order valence-corrected chi connectivity index (χ2v) is 5.86. The highest BCUT2D eigenvalue weighted by Crippen LogP contribution is 2.29. The van der Waals surface area contributed by atoms with Crippen LogP contribution in [-0.2, 0) is 16.1 Å². The third-order valence-corrected chi connectivity index (χ3v) is 4.47. The molecular weight excluding hydrogens is 278 g/mol. The average molecular weight is 297 g/mol. The summed E-state index contributed by atoms with van der Waals surface area (Å²) >= 11 is 1.34. The number of methoxy groups -OCH3 is 1. The van der Waals surface area contributed by atoms with Crippen LogP contribution in [0.1, 0.15) is 47.6 Å². The fourth-order valence-corrected chi connectivity index (χ4v) is 3.18. The Hall–Kier alpha value is -1.47. The van der Waals surface area contributed by atoms with Crippen LogP contribution in [0, 0.1) is 0 Å². The zero-order chi connectivity index (χ0) is 14.6. The first-order valence-electron chi connectivity index (χ1n) is 6.67. The molecule has 1 aliphatic carbocycles. The largest absolute Gasteiger partial charge is 0.467 e. The zero-order valence-electron chi connectivity index (χ0n) is 11.5. The Kier molecular flexibility index (Phi) is 4.72. The van der Waals surface area contributed by atoms with Crippen molar-refractivity contribution in [1.82, 2.24) is 10.3 Å². The molecule has 1 aromatic heterocycles. The molecule has 6 nitrogen and oxygen atoms in total. The molecule has 0 bridgehead atoms. The Labute approximate surface area is 121 Å². The molecule has 1 aliphatic rings. The normalized spacial score (nSPS) is 17.5. The minimum absolute atomic E-state index is 0.306. The Balaban J connectivity index is 2.14. The first-order valence-corrected chi connectivity index (χ1v) is 7.54. The number of hydrogen-bond acceptors (Lipinski definition) is 6. The summed E-state index contributed by atoms with van der Waals surface area (Å²) in [5.74, 6) is -0.715. The van der Waals surface area contributed by atoms with Gasteiger partial charge in [-0.1, -0.05) is 19.3 Å². The number of nitrogens with two attached hydrogens (primary N) is 1. The van der Waals surface area contributed by atoms with E-state index < -0.39 is 5.54 Å². The molecule has 3 N–H and O–H groups in total. The maximum atomic E-state index is 12.3. The fourth-order valence-electron chi connectivity index (χ4n) is 2.52. The van der Waals surface area contributed by atoms with E-state index in [2.05, 4.69) is 10.3 Å². The van der Waals surface area contributed by atoms with Crippen LogP contribution in [0.4, 0.5) is 0 Å². The molecule has 0 aromatic carbocycles. The van der Waals surface area contributed by atoms with E-state index in [1.54, 1.807) is 5.38 Å². The van der Waals surface area contributed by atoms with Crippen LogP contribution in [-0.4, -0.2) is 29.5 Å². The number of nitrogens with one attached hydrogen (secondary N) is 1. The van der Waals surface area contributed by atoms with E-state index in [0.29, 0.717) is 30.1 Å². The SMILES string of the molecule is COC(=O)C1(NC(=O)c2csc(CN)n2)CCCCC1. The molecule has 0 radical (unpaired) electrons. The van der Waals surface area contributed by atoms with E-state index in [9.17, 15) is 9.59 Å². The lowest BCUT2D eigenvalue weighted by Gasteiger charge is -2.34. The molecule has 0 unspecified atom stereocenters. The highest BCUT2D eigenvalue weighted by atomic mass is 32.1. The quantitative estimate of drug-likeness (QED) is 0.815. The number of thiazole rings is 1. The molecule has 0 spiro atoms. The highest BCUT2D eigenvalue weighted by Gasteiger charge is 2.42. The molecule has 110 valence electrons. The first kappa shape index (κ1) is 14.9. The van der Waals surface area contributed by atoms with Crippen molar-refractivity contribution in [2.24, 2.45) is 5.73 Å². The van der Waals surface area contributed by atoms with Gasteiger partial charge in [-0.15, -0.1) is 11.3 Å². The van der Waals surface area contributed by atoms with Crippen molar-refractivity contribution in [2.75, 3.05) is 7.11 Å². The van der Waals surface area contributed by atoms with E-state index in [0.717, 1.165) is 19.3 Å². The average Bonchev–Trinajstić information content (AvgIpc) is 2.96. The van der Waals surface area contributed by atoms with Gasteiger partial charge in [-0.25, -0.2) is 9.78 Å². The van der Waals surface area contributed by atoms with Gasteiger partial charge < -0.3 is 15.8 Å². The van der Waals surface area contributed by atoms with Gasteiger partial charge in [0.25, 0.3) is 5.91 Å². The topological polar surface area (TPSA) is 94.3 Å². The van der Waals surface area contributed by atoms with E-state index in [1.807, 2.05) is 0 Å². The summed E-state index contributed by atoms with van der Waals surface area (Å²) in [4.78, 5) is 28.4. The van der Waals surface area contributed by atoms with Gasteiger partial charge in [-0.05, 0) is 12.8 Å². The summed E-state index contributed by atoms with van der Waals surface area (Å²) in [5, 5.41) is 5.18. The third-order valence-electron chi connectivity index (χ3n) is 3.60. The molecule has 1 aromatic rings. The van der Waals surface area contributed by atoms with Crippen LogP contribution in [0.25, 0.3) is 0 Å². The molecule has 0 saturated heterocycles. The van der Waals surface area contributed by atoms with Gasteiger partial charge >= 0.3 is 5.97 Å². The van der Waals surface area contributed by atoms with Crippen LogP contribution >= 0.6 is 11.3 Å². The Bertz CT molecular complexity index is 495. The number of carbonyl (C=O) groups excluding carboxylic acids is 2. The molecular formula is C13H19N3O3S. The number of nitrogens with zero attached hydrogens (tertiary/aromatic N) is 1. The molecule has 2 rings (SSSR count). The van der Waals surface area contributed by atoms with Crippen molar-refractivity contribution in [3.8, 4) is 0 Å². The molecule has 1 amide bonds. The Morgan fingerprint density at radius 2 is 2.15 bits per heavy atom. The molecule has 20 heavy (non-hydrogen) atoms. The van der Waals surface area contributed by atoms with Gasteiger partial charge in [-0.2, -0.15) is 0 Å². The molecule has 0 atom stereocenters. The predicted molar refractivity (Wildman–Crippen MR) is 75.3 cm³/mol. The second-order valence-electron chi connectivity index (χ2n) is 4.92. The summed E-state index contributed by atoms with van der Waals surface area (Å²) in [5.41, 5.74) is 4.89. The van der Waals surface area contributed by atoms with Crippen molar-refractivity contribution in [1.29, 1.82) is 0 Å². The van der Waals surface area contributed by atoms with Gasteiger partial charge in [0, 0.05) is 11.9 Å². The van der Waals surface area contributed by atoms with Gasteiger partial charge in [0.1, 0.15) is 16.2 Å². The van der Waals surface area contributed by atoms with Crippen LogP contribution < -0.4 is 11.1 Å². The van der Waals surface area contributed by atoms with Crippen molar-refractivity contribution in [3.05, 3.63) is 16.1 Å². The Morgan fingerprint density at radius 3 is 2.70 bits per heavy atom. The molecule has 7 heteroatoms. The third kappa shape index (κ3) is 2.99. The van der Waals surface area contributed by atoms with E-state index in [-0.39, 0.29) is 11.9 Å². The maximum Gasteiger partial charge on any atom is 0.331 e. The van der Waals surface area contributed by atoms with Crippen LogP contribution in [0.2, 0.25) is 0 Å². The monoisotopic (exact) mass is 297 g/mol. The summed E-state index contributed by atoms with van der Waals surface area (Å²) in [7, 11) is 1.35. The summed E-state index contributed by atoms with van der Waals surface area (Å²) in [6, 6.07) is 0. The summed E-state index contributed by atoms with van der Waals surface area (Å²) in [6.45, 7) is 0.306. The number of amides is 1. The number of aromatic nitrogens is 1. The van der Waals surface area contributed by atoms with Crippen molar-refractivity contribution in [3.63, 3.8) is 0 Å². The second kappa shape index (κ2) is 6.32. The lowest BCUT2D eigenvalue weighted by Crippen LogP contribution is -2.56.